The first kappa shape index (κ1) is 11.3. The van der Waals surface area contributed by atoms with E-state index in [0.29, 0.717) is 6.04 Å². The minimum atomic E-state index is 0.471. The van der Waals surface area contributed by atoms with Crippen molar-refractivity contribution in [1.82, 2.24) is 5.32 Å². The molecular formula is C12H21NO. The summed E-state index contributed by atoms with van der Waals surface area (Å²) < 4.78 is 5.33. The SMILES string of the molecule is CCCNC(CCC)c1ccoc1C. The van der Waals surface area contributed by atoms with Gasteiger partial charge in [-0.3, -0.25) is 0 Å². The fourth-order valence-electron chi connectivity index (χ4n) is 1.73. The highest BCUT2D eigenvalue weighted by atomic mass is 16.3. The van der Waals surface area contributed by atoms with Gasteiger partial charge in [0.05, 0.1) is 6.26 Å². The number of furan rings is 1. The third-order valence-corrected chi connectivity index (χ3v) is 2.49. The van der Waals surface area contributed by atoms with Gasteiger partial charge in [0, 0.05) is 11.6 Å². The van der Waals surface area contributed by atoms with Gasteiger partial charge in [-0.25, -0.2) is 0 Å². The summed E-state index contributed by atoms with van der Waals surface area (Å²) in [6, 6.07) is 2.55. The van der Waals surface area contributed by atoms with Crippen LogP contribution in [0.5, 0.6) is 0 Å². The van der Waals surface area contributed by atoms with E-state index in [4.69, 9.17) is 4.42 Å². The summed E-state index contributed by atoms with van der Waals surface area (Å²) in [6.07, 6.45) is 5.34. The first-order valence-electron chi connectivity index (χ1n) is 5.57. The van der Waals surface area contributed by atoms with Crippen molar-refractivity contribution in [2.45, 2.75) is 46.1 Å². The Bertz CT molecular complexity index is 255. The van der Waals surface area contributed by atoms with Crippen LogP contribution in [0.3, 0.4) is 0 Å². The van der Waals surface area contributed by atoms with Gasteiger partial charge in [-0.2, -0.15) is 0 Å². The molecule has 1 N–H and O–H groups in total. The van der Waals surface area contributed by atoms with Crippen molar-refractivity contribution in [3.05, 3.63) is 23.7 Å². The topological polar surface area (TPSA) is 25.2 Å². The Labute approximate surface area is 86.7 Å². The predicted molar refractivity (Wildman–Crippen MR) is 59.4 cm³/mol. The molecule has 2 heteroatoms. The normalized spacial score (nSPS) is 13.1. The van der Waals surface area contributed by atoms with Gasteiger partial charge in [0.2, 0.25) is 0 Å². The van der Waals surface area contributed by atoms with E-state index in [-0.39, 0.29) is 0 Å². The first-order valence-corrected chi connectivity index (χ1v) is 5.57. The Kier molecular flexibility index (Phi) is 4.74. The zero-order valence-electron chi connectivity index (χ0n) is 9.47. The Morgan fingerprint density at radius 1 is 1.36 bits per heavy atom. The number of rotatable bonds is 6. The molecule has 1 aromatic heterocycles. The van der Waals surface area contributed by atoms with Crippen molar-refractivity contribution >= 4 is 0 Å². The van der Waals surface area contributed by atoms with Crippen LogP contribution in [0.4, 0.5) is 0 Å². The lowest BCUT2D eigenvalue weighted by Gasteiger charge is -2.16. The van der Waals surface area contributed by atoms with Gasteiger partial charge in [-0.05, 0) is 32.4 Å². The Morgan fingerprint density at radius 3 is 2.64 bits per heavy atom. The quantitative estimate of drug-likeness (QED) is 0.752. The van der Waals surface area contributed by atoms with Gasteiger partial charge >= 0.3 is 0 Å². The number of aryl methyl sites for hydroxylation is 1. The molecule has 1 aromatic rings. The van der Waals surface area contributed by atoms with Crippen LogP contribution in [0.2, 0.25) is 0 Å². The lowest BCUT2D eigenvalue weighted by molar-refractivity contribution is 0.472. The number of hydrogen-bond donors (Lipinski definition) is 1. The first-order chi connectivity index (χ1) is 6.79. The maximum atomic E-state index is 5.33. The zero-order valence-corrected chi connectivity index (χ0v) is 9.47. The van der Waals surface area contributed by atoms with E-state index >= 15 is 0 Å². The van der Waals surface area contributed by atoms with Crippen LogP contribution < -0.4 is 5.32 Å². The van der Waals surface area contributed by atoms with Crippen LogP contribution in [-0.4, -0.2) is 6.54 Å². The fraction of sp³-hybridized carbons (Fsp3) is 0.667. The molecule has 0 aliphatic rings. The summed E-state index contributed by atoms with van der Waals surface area (Å²) in [6.45, 7) is 7.52. The second-order valence-electron chi connectivity index (χ2n) is 3.73. The molecule has 0 amide bonds. The monoisotopic (exact) mass is 195 g/mol. The lowest BCUT2D eigenvalue weighted by Crippen LogP contribution is -2.22. The summed E-state index contributed by atoms with van der Waals surface area (Å²) in [4.78, 5) is 0. The molecule has 1 heterocycles. The molecule has 0 spiro atoms. The van der Waals surface area contributed by atoms with E-state index in [1.807, 2.05) is 6.92 Å². The minimum absolute atomic E-state index is 0.471. The summed E-state index contributed by atoms with van der Waals surface area (Å²) in [5.41, 5.74) is 1.32. The molecule has 0 aromatic carbocycles. The van der Waals surface area contributed by atoms with Gasteiger partial charge in [0.25, 0.3) is 0 Å². The van der Waals surface area contributed by atoms with Gasteiger partial charge in [-0.1, -0.05) is 20.3 Å². The average Bonchev–Trinajstić information content (AvgIpc) is 2.59. The summed E-state index contributed by atoms with van der Waals surface area (Å²) in [5.74, 6) is 1.05. The van der Waals surface area contributed by atoms with Gasteiger partial charge in [0.15, 0.2) is 0 Å². The highest BCUT2D eigenvalue weighted by Crippen LogP contribution is 2.22. The Hall–Kier alpha value is -0.760. The highest BCUT2D eigenvalue weighted by molar-refractivity contribution is 5.20. The van der Waals surface area contributed by atoms with Gasteiger partial charge < -0.3 is 9.73 Å². The standard InChI is InChI=1S/C12H21NO/c1-4-6-12(13-8-5-2)11-7-9-14-10(11)3/h7,9,12-13H,4-6,8H2,1-3H3. The second-order valence-corrected chi connectivity index (χ2v) is 3.73. The summed E-state index contributed by atoms with van der Waals surface area (Å²) in [7, 11) is 0. The minimum Gasteiger partial charge on any atom is -0.469 e. The van der Waals surface area contributed by atoms with Crippen molar-refractivity contribution in [3.63, 3.8) is 0 Å². The van der Waals surface area contributed by atoms with Crippen LogP contribution in [0.1, 0.15) is 50.5 Å². The predicted octanol–water partition coefficient (Wildman–Crippen LogP) is 3.43. The van der Waals surface area contributed by atoms with Crippen LogP contribution in [-0.2, 0) is 0 Å². The molecule has 1 rings (SSSR count). The maximum Gasteiger partial charge on any atom is 0.105 e. The van der Waals surface area contributed by atoms with E-state index in [1.165, 1.54) is 24.8 Å². The summed E-state index contributed by atoms with van der Waals surface area (Å²) in [5, 5.41) is 3.55. The fourth-order valence-corrected chi connectivity index (χ4v) is 1.73. The van der Waals surface area contributed by atoms with Crippen LogP contribution in [0.25, 0.3) is 0 Å². The molecule has 1 atom stereocenters. The van der Waals surface area contributed by atoms with Crippen LogP contribution in [0.15, 0.2) is 16.7 Å². The molecule has 80 valence electrons. The van der Waals surface area contributed by atoms with Gasteiger partial charge in [-0.15, -0.1) is 0 Å². The van der Waals surface area contributed by atoms with Crippen molar-refractivity contribution in [1.29, 1.82) is 0 Å². The molecule has 0 bridgehead atoms. The van der Waals surface area contributed by atoms with Crippen LogP contribution in [0, 0.1) is 6.92 Å². The van der Waals surface area contributed by atoms with E-state index < -0.39 is 0 Å². The molecule has 0 saturated carbocycles. The van der Waals surface area contributed by atoms with Gasteiger partial charge in [0.1, 0.15) is 5.76 Å². The molecule has 0 aliphatic carbocycles. The van der Waals surface area contributed by atoms with E-state index in [2.05, 4.69) is 25.2 Å². The molecule has 0 saturated heterocycles. The molecule has 2 nitrogen and oxygen atoms in total. The maximum absolute atomic E-state index is 5.33. The average molecular weight is 195 g/mol. The largest absolute Gasteiger partial charge is 0.469 e. The summed E-state index contributed by atoms with van der Waals surface area (Å²) >= 11 is 0. The number of hydrogen-bond acceptors (Lipinski definition) is 2. The van der Waals surface area contributed by atoms with Crippen molar-refractivity contribution < 1.29 is 4.42 Å². The van der Waals surface area contributed by atoms with E-state index in [9.17, 15) is 0 Å². The second kappa shape index (κ2) is 5.86. The lowest BCUT2D eigenvalue weighted by atomic mass is 10.0. The molecule has 0 fully saturated rings. The van der Waals surface area contributed by atoms with Crippen molar-refractivity contribution in [2.75, 3.05) is 6.54 Å². The molecular weight excluding hydrogens is 174 g/mol. The number of nitrogens with one attached hydrogen (secondary N) is 1. The molecule has 1 unspecified atom stereocenters. The molecule has 0 aliphatic heterocycles. The Balaban J connectivity index is 2.62. The Morgan fingerprint density at radius 2 is 2.14 bits per heavy atom. The third kappa shape index (κ3) is 2.88. The van der Waals surface area contributed by atoms with E-state index in [0.717, 1.165) is 12.3 Å². The third-order valence-electron chi connectivity index (χ3n) is 2.49. The zero-order chi connectivity index (χ0) is 10.4. The van der Waals surface area contributed by atoms with Crippen molar-refractivity contribution in [3.8, 4) is 0 Å². The molecule has 14 heavy (non-hydrogen) atoms. The van der Waals surface area contributed by atoms with E-state index in [1.54, 1.807) is 6.26 Å². The highest BCUT2D eigenvalue weighted by Gasteiger charge is 2.13. The van der Waals surface area contributed by atoms with Crippen LogP contribution >= 0.6 is 0 Å². The van der Waals surface area contributed by atoms with Crippen molar-refractivity contribution in [2.24, 2.45) is 0 Å². The smallest absolute Gasteiger partial charge is 0.105 e. The molecule has 0 radical (unpaired) electrons.